The maximum atomic E-state index is 11.9. The van der Waals surface area contributed by atoms with Crippen LogP contribution in [0.15, 0.2) is 23.2 Å². The summed E-state index contributed by atoms with van der Waals surface area (Å²) in [6.07, 6.45) is 1.44. The van der Waals surface area contributed by atoms with Crippen LogP contribution in [0.1, 0.15) is 18.4 Å². The van der Waals surface area contributed by atoms with Gasteiger partial charge in [-0.2, -0.15) is 0 Å². The van der Waals surface area contributed by atoms with Crippen LogP contribution in [0.4, 0.5) is 5.69 Å². The molecule has 2 rings (SSSR count). The Labute approximate surface area is 146 Å². The first-order chi connectivity index (χ1) is 9.66. The largest absolute Gasteiger partial charge is 0.356 e. The van der Waals surface area contributed by atoms with Crippen molar-refractivity contribution in [1.82, 2.24) is 10.6 Å². The Morgan fingerprint density at radius 3 is 3.00 bits per heavy atom. The lowest BCUT2D eigenvalue weighted by Crippen LogP contribution is -2.41. The fourth-order valence-corrected chi connectivity index (χ4v) is 2.08. The second kappa shape index (κ2) is 9.09. The molecular weight excluding hydrogens is 403 g/mol. The van der Waals surface area contributed by atoms with Crippen molar-refractivity contribution in [2.24, 2.45) is 4.99 Å². The van der Waals surface area contributed by atoms with E-state index >= 15 is 0 Å². The Kier molecular flexibility index (Phi) is 7.81. The molecule has 1 heterocycles. The third-order valence-electron chi connectivity index (χ3n) is 3.08. The van der Waals surface area contributed by atoms with Crippen LogP contribution in [0.25, 0.3) is 0 Å². The molecule has 0 saturated carbocycles. The van der Waals surface area contributed by atoms with Crippen LogP contribution in [0, 0.1) is 6.92 Å². The normalized spacial score (nSPS) is 13.5. The molecule has 0 fully saturated rings. The van der Waals surface area contributed by atoms with E-state index in [4.69, 9.17) is 11.6 Å². The standard InChI is InChI=1S/C14H19ClN4O.HI/c1-10-11(15)4-2-5-12(10)19-13(20)6-9-18-14-16-7-3-8-17-14;/h2,4-5H,3,6-9H2,1H3,(H,19,20)(H2,16,17,18);1H. The van der Waals surface area contributed by atoms with E-state index in [0.717, 1.165) is 36.7 Å². The highest BCUT2D eigenvalue weighted by molar-refractivity contribution is 14.0. The highest BCUT2D eigenvalue weighted by Gasteiger charge is 2.08. The monoisotopic (exact) mass is 422 g/mol. The Morgan fingerprint density at radius 2 is 2.29 bits per heavy atom. The SMILES string of the molecule is Cc1c(Cl)cccc1NC(=O)CCNC1=NCCCN1.I. The number of rotatable bonds is 4. The van der Waals surface area contributed by atoms with E-state index in [1.807, 2.05) is 19.1 Å². The summed E-state index contributed by atoms with van der Waals surface area (Å²) in [5.41, 5.74) is 1.64. The third-order valence-corrected chi connectivity index (χ3v) is 3.49. The molecule has 0 atom stereocenters. The van der Waals surface area contributed by atoms with Crippen molar-refractivity contribution in [2.45, 2.75) is 19.8 Å². The summed E-state index contributed by atoms with van der Waals surface area (Å²) in [6.45, 7) is 4.21. The van der Waals surface area contributed by atoms with Crippen LogP contribution in [0.2, 0.25) is 5.02 Å². The highest BCUT2D eigenvalue weighted by atomic mass is 127. The Hall–Kier alpha value is -1.02. The minimum Gasteiger partial charge on any atom is -0.356 e. The maximum absolute atomic E-state index is 11.9. The molecule has 5 nitrogen and oxygen atoms in total. The summed E-state index contributed by atoms with van der Waals surface area (Å²) in [5, 5.41) is 9.78. The number of amides is 1. The number of guanidine groups is 1. The van der Waals surface area contributed by atoms with Crippen molar-refractivity contribution in [3.63, 3.8) is 0 Å². The van der Waals surface area contributed by atoms with Gasteiger partial charge in [0.25, 0.3) is 0 Å². The van der Waals surface area contributed by atoms with E-state index in [1.54, 1.807) is 6.07 Å². The van der Waals surface area contributed by atoms with E-state index in [1.165, 1.54) is 0 Å². The van der Waals surface area contributed by atoms with E-state index in [2.05, 4.69) is 20.9 Å². The summed E-state index contributed by atoms with van der Waals surface area (Å²) >= 11 is 6.02. The second-order valence-electron chi connectivity index (χ2n) is 4.65. The molecule has 1 aliphatic rings. The first kappa shape index (κ1) is 18.0. The molecule has 7 heteroatoms. The number of carbonyl (C=O) groups excluding carboxylic acids is 1. The van der Waals surface area contributed by atoms with E-state index in [-0.39, 0.29) is 29.9 Å². The molecule has 116 valence electrons. The maximum Gasteiger partial charge on any atom is 0.226 e. The zero-order chi connectivity index (χ0) is 14.4. The molecule has 1 aromatic rings. The van der Waals surface area contributed by atoms with Gasteiger partial charge in [-0.05, 0) is 31.0 Å². The number of anilines is 1. The Bertz CT molecular complexity index is 522. The number of benzene rings is 1. The lowest BCUT2D eigenvalue weighted by molar-refractivity contribution is -0.116. The molecule has 1 amide bonds. The van der Waals surface area contributed by atoms with Crippen LogP contribution in [0.3, 0.4) is 0 Å². The number of hydrogen-bond donors (Lipinski definition) is 3. The van der Waals surface area contributed by atoms with Crippen molar-refractivity contribution in [2.75, 3.05) is 25.0 Å². The van der Waals surface area contributed by atoms with Crippen LogP contribution in [-0.2, 0) is 4.79 Å². The average Bonchev–Trinajstić information content (AvgIpc) is 2.45. The number of carbonyl (C=O) groups is 1. The van der Waals surface area contributed by atoms with Crippen molar-refractivity contribution < 1.29 is 4.79 Å². The summed E-state index contributed by atoms with van der Waals surface area (Å²) in [7, 11) is 0. The lowest BCUT2D eigenvalue weighted by Gasteiger charge is -2.16. The van der Waals surface area contributed by atoms with Crippen molar-refractivity contribution in [3.8, 4) is 0 Å². The third kappa shape index (κ3) is 5.70. The van der Waals surface area contributed by atoms with Gasteiger partial charge in [-0.3, -0.25) is 9.79 Å². The number of nitrogens with zero attached hydrogens (tertiary/aromatic N) is 1. The summed E-state index contributed by atoms with van der Waals surface area (Å²) in [4.78, 5) is 16.1. The fraction of sp³-hybridized carbons (Fsp3) is 0.429. The number of nitrogens with one attached hydrogen (secondary N) is 3. The Balaban J connectivity index is 0.00000220. The molecule has 0 aromatic heterocycles. The summed E-state index contributed by atoms with van der Waals surface area (Å²) in [5.74, 6) is 0.738. The second-order valence-corrected chi connectivity index (χ2v) is 5.06. The highest BCUT2D eigenvalue weighted by Crippen LogP contribution is 2.22. The molecule has 0 spiro atoms. The first-order valence-electron chi connectivity index (χ1n) is 6.74. The molecular formula is C14H20ClIN4O. The topological polar surface area (TPSA) is 65.5 Å². The van der Waals surface area contributed by atoms with Crippen LogP contribution in [0.5, 0.6) is 0 Å². The molecule has 0 radical (unpaired) electrons. The van der Waals surface area contributed by atoms with Crippen LogP contribution < -0.4 is 16.0 Å². The number of hydrogen-bond acceptors (Lipinski definition) is 4. The van der Waals surface area contributed by atoms with Gasteiger partial charge >= 0.3 is 0 Å². The molecule has 0 bridgehead atoms. The minimum atomic E-state index is -0.0423. The minimum absolute atomic E-state index is 0. The number of aliphatic imine (C=N–C) groups is 1. The van der Waals surface area contributed by atoms with Crippen molar-refractivity contribution in [3.05, 3.63) is 28.8 Å². The van der Waals surface area contributed by atoms with Gasteiger partial charge < -0.3 is 16.0 Å². The number of halogens is 2. The van der Waals surface area contributed by atoms with E-state index < -0.39 is 0 Å². The van der Waals surface area contributed by atoms with E-state index in [0.29, 0.717) is 18.0 Å². The lowest BCUT2D eigenvalue weighted by atomic mass is 10.2. The van der Waals surface area contributed by atoms with Gasteiger partial charge in [-0.25, -0.2) is 0 Å². The van der Waals surface area contributed by atoms with Crippen molar-refractivity contribution in [1.29, 1.82) is 0 Å². The first-order valence-corrected chi connectivity index (χ1v) is 7.12. The van der Waals surface area contributed by atoms with Crippen LogP contribution >= 0.6 is 35.6 Å². The smallest absolute Gasteiger partial charge is 0.226 e. The molecule has 0 saturated heterocycles. The summed E-state index contributed by atoms with van der Waals surface area (Å²) < 4.78 is 0. The Morgan fingerprint density at radius 1 is 1.48 bits per heavy atom. The van der Waals surface area contributed by atoms with Gasteiger partial charge in [0.15, 0.2) is 5.96 Å². The zero-order valence-electron chi connectivity index (χ0n) is 11.9. The fourth-order valence-electron chi connectivity index (χ4n) is 1.90. The summed E-state index contributed by atoms with van der Waals surface area (Å²) in [6, 6.07) is 5.48. The molecule has 0 aliphatic carbocycles. The van der Waals surface area contributed by atoms with E-state index in [9.17, 15) is 4.79 Å². The average molecular weight is 423 g/mol. The van der Waals surface area contributed by atoms with Gasteiger partial charge in [0, 0.05) is 36.8 Å². The van der Waals surface area contributed by atoms with Gasteiger partial charge in [-0.1, -0.05) is 17.7 Å². The molecule has 21 heavy (non-hydrogen) atoms. The van der Waals surface area contributed by atoms with Crippen LogP contribution in [-0.4, -0.2) is 31.5 Å². The quantitative estimate of drug-likeness (QED) is 0.653. The molecule has 3 N–H and O–H groups in total. The molecule has 1 aromatic carbocycles. The predicted octanol–water partition coefficient (Wildman–Crippen LogP) is 2.53. The van der Waals surface area contributed by atoms with Gasteiger partial charge in [-0.15, -0.1) is 24.0 Å². The molecule has 0 unspecified atom stereocenters. The van der Waals surface area contributed by atoms with Gasteiger partial charge in [0.2, 0.25) is 5.91 Å². The molecule has 1 aliphatic heterocycles. The zero-order valence-corrected chi connectivity index (χ0v) is 15.0. The van der Waals surface area contributed by atoms with Gasteiger partial charge in [0.05, 0.1) is 0 Å². The predicted molar refractivity (Wildman–Crippen MR) is 97.8 cm³/mol. The van der Waals surface area contributed by atoms with Crippen molar-refractivity contribution >= 4 is 53.1 Å². The van der Waals surface area contributed by atoms with Gasteiger partial charge in [0.1, 0.15) is 0 Å².